The lowest BCUT2D eigenvalue weighted by Gasteiger charge is -2.19. The van der Waals surface area contributed by atoms with Crippen LogP contribution in [0.4, 0.5) is 0 Å². The highest BCUT2D eigenvalue weighted by Crippen LogP contribution is 2.23. The van der Waals surface area contributed by atoms with Crippen molar-refractivity contribution in [2.75, 3.05) is 48.6 Å². The van der Waals surface area contributed by atoms with Crippen molar-refractivity contribution in [3.8, 4) is 11.5 Å². The van der Waals surface area contributed by atoms with Crippen molar-refractivity contribution < 1.29 is 34.5 Å². The summed E-state index contributed by atoms with van der Waals surface area (Å²) in [4.78, 5) is 50.9. The molecular weight excluding hydrogens is 865 g/mol. The van der Waals surface area contributed by atoms with Gasteiger partial charge in [0.1, 0.15) is 23.6 Å². The molecule has 4 aromatic carbocycles. The number of hydrogen-bond donors (Lipinski definition) is 7. The van der Waals surface area contributed by atoms with Gasteiger partial charge in [0.25, 0.3) is 11.8 Å². The number of carbonyl (C=O) groups excluding carboxylic acids is 3. The number of hydrogen-bond acceptors (Lipinski definition) is 13. The fourth-order valence-electron chi connectivity index (χ4n) is 4.51. The van der Waals surface area contributed by atoms with E-state index in [1.165, 1.54) is 35.7 Å². The zero-order valence-electron chi connectivity index (χ0n) is 32.1. The van der Waals surface area contributed by atoms with Crippen LogP contribution in [-0.2, 0) is 9.59 Å². The number of carboxylic acid groups (broad SMARTS) is 1. The Hall–Kier alpha value is -3.58. The number of nitrogens with one attached hydrogen (secondary N) is 3. The van der Waals surface area contributed by atoms with E-state index in [0.29, 0.717) is 29.0 Å². The van der Waals surface area contributed by atoms with Gasteiger partial charge in [0.2, 0.25) is 5.91 Å². The highest BCUT2D eigenvalue weighted by Gasteiger charge is 2.24. The lowest BCUT2D eigenvalue weighted by molar-refractivity contribution is -0.138. The van der Waals surface area contributed by atoms with Crippen molar-refractivity contribution in [3.05, 3.63) is 119 Å². The van der Waals surface area contributed by atoms with E-state index in [0.717, 1.165) is 27.8 Å². The fourth-order valence-corrected chi connectivity index (χ4v) is 8.55. The Morgan fingerprint density at radius 1 is 0.627 bits per heavy atom. The minimum atomic E-state index is -1.10. The third-order valence-corrected chi connectivity index (χ3v) is 13.4. The monoisotopic (exact) mass is 922 g/mol. The number of thioether (sulfide) groups is 2. The Balaban J connectivity index is 0.000000984. The Labute approximate surface area is 374 Å². The summed E-state index contributed by atoms with van der Waals surface area (Å²) in [7, 11) is 6.88. The second-order valence-electron chi connectivity index (χ2n) is 11.6. The molecule has 0 aliphatic carbocycles. The van der Waals surface area contributed by atoms with Gasteiger partial charge in [-0.05, 0) is 74.9 Å². The van der Waals surface area contributed by atoms with Crippen LogP contribution in [0, 0.1) is 13.8 Å². The van der Waals surface area contributed by atoms with Crippen LogP contribution in [0.15, 0.2) is 107 Å². The molecule has 324 valence electrons. The summed E-state index contributed by atoms with van der Waals surface area (Å²) >= 11 is 2.87. The number of aromatic hydroxyl groups is 2. The molecule has 8 N–H and O–H groups in total. The van der Waals surface area contributed by atoms with E-state index in [2.05, 4.69) is 22.2 Å². The molecule has 0 fully saturated rings. The first-order valence-corrected chi connectivity index (χ1v) is 24.9. The summed E-state index contributed by atoms with van der Waals surface area (Å²) in [5.41, 5.74) is 6.72. The SMILES string of the molecule is C.C.CSSCCN.CSSCCNC(=O)[C@H](CSc1ccccc1)NC(=O)c1cccc(O)c1C.Cc1c(O)cccc1C(=O)N[C@@H](CSc1ccccc1)C(=O)O. The van der Waals surface area contributed by atoms with Gasteiger partial charge in [-0.25, -0.2) is 4.79 Å². The standard InChI is InChI=1S/C20H24N2O3S3.C17H17NO4S.C3H9NS2.2CH4/c1-14-16(9-6-10-18(14)23)19(24)22-17(20(25)21-11-12-28-26-2)13-27-15-7-4-3-5-8-15;1-11-13(8-5-9-15(11)19)16(20)18-14(17(21)22)10-23-12-6-3-2-4-7-12;1-5-6-3-2-4;;/h3-10,17,23H,11-13H2,1-2H3,(H,21,25)(H,22,24);2-9,14,19H,10H2,1H3,(H,18,20)(H,21,22);2-4H2,1H3;2*1H4/t17-;14-;;;/m00.../s1. The summed E-state index contributed by atoms with van der Waals surface area (Å²) in [5.74, 6) is 0.352. The molecule has 0 heterocycles. The molecule has 0 aliphatic heterocycles. The van der Waals surface area contributed by atoms with Crippen LogP contribution >= 0.6 is 66.7 Å². The number of phenols is 2. The van der Waals surface area contributed by atoms with Crippen LogP contribution in [0.2, 0.25) is 0 Å². The zero-order chi connectivity index (χ0) is 42.0. The van der Waals surface area contributed by atoms with Crippen molar-refractivity contribution in [2.45, 2.75) is 50.6 Å². The lowest BCUT2D eigenvalue weighted by Crippen LogP contribution is -2.48. The molecule has 0 aromatic heterocycles. The molecule has 11 nitrogen and oxygen atoms in total. The van der Waals surface area contributed by atoms with Crippen LogP contribution in [0.3, 0.4) is 0 Å². The average Bonchev–Trinajstić information content (AvgIpc) is 3.21. The van der Waals surface area contributed by atoms with Gasteiger partial charge in [-0.3, -0.25) is 14.4 Å². The zero-order valence-corrected chi connectivity index (χ0v) is 37.0. The maximum Gasteiger partial charge on any atom is 0.327 e. The highest BCUT2D eigenvalue weighted by molar-refractivity contribution is 8.76. The van der Waals surface area contributed by atoms with Gasteiger partial charge in [0, 0.05) is 68.1 Å². The van der Waals surface area contributed by atoms with Crippen molar-refractivity contribution in [3.63, 3.8) is 0 Å². The van der Waals surface area contributed by atoms with Crippen LogP contribution in [0.1, 0.15) is 46.7 Å². The molecule has 0 spiro atoms. The first kappa shape index (κ1) is 55.4. The molecule has 0 unspecified atom stereocenters. The van der Waals surface area contributed by atoms with Crippen LogP contribution < -0.4 is 21.7 Å². The molecule has 3 amide bonds. The Morgan fingerprint density at radius 2 is 1.05 bits per heavy atom. The van der Waals surface area contributed by atoms with E-state index < -0.39 is 24.0 Å². The van der Waals surface area contributed by atoms with Gasteiger partial charge in [-0.15, -0.1) is 23.5 Å². The lowest BCUT2D eigenvalue weighted by atomic mass is 10.1. The van der Waals surface area contributed by atoms with Gasteiger partial charge >= 0.3 is 5.97 Å². The number of nitrogens with two attached hydrogens (primary N) is 1. The Bertz CT molecular complexity index is 1820. The maximum atomic E-state index is 12.7. The van der Waals surface area contributed by atoms with Crippen LogP contribution in [0.5, 0.6) is 11.5 Å². The quantitative estimate of drug-likeness (QED) is 0.0269. The number of carbonyl (C=O) groups is 4. The molecule has 0 radical (unpaired) electrons. The Morgan fingerprint density at radius 3 is 1.46 bits per heavy atom. The van der Waals surface area contributed by atoms with E-state index in [-0.39, 0.29) is 49.5 Å². The Kier molecular flexibility index (Phi) is 30.3. The average molecular weight is 923 g/mol. The molecule has 17 heteroatoms. The third-order valence-electron chi connectivity index (χ3n) is 7.57. The van der Waals surface area contributed by atoms with Crippen LogP contribution in [0.25, 0.3) is 0 Å². The summed E-state index contributed by atoms with van der Waals surface area (Å²) in [6.45, 7) is 4.62. The van der Waals surface area contributed by atoms with Gasteiger partial charge < -0.3 is 37.0 Å². The maximum absolute atomic E-state index is 12.7. The van der Waals surface area contributed by atoms with E-state index >= 15 is 0 Å². The largest absolute Gasteiger partial charge is 0.508 e. The molecule has 4 rings (SSSR count). The highest BCUT2D eigenvalue weighted by atomic mass is 33.1. The molecule has 2 atom stereocenters. The molecule has 0 aliphatic rings. The minimum absolute atomic E-state index is 0. The molecular formula is C42H58N4O7S6. The van der Waals surface area contributed by atoms with E-state index in [4.69, 9.17) is 5.73 Å². The smallest absolute Gasteiger partial charge is 0.327 e. The fraction of sp³-hybridized carbons (Fsp3) is 0.333. The molecule has 4 aromatic rings. The minimum Gasteiger partial charge on any atom is -0.508 e. The topological polar surface area (TPSA) is 191 Å². The second kappa shape index (κ2) is 32.2. The predicted molar refractivity (Wildman–Crippen MR) is 258 cm³/mol. The van der Waals surface area contributed by atoms with E-state index in [9.17, 15) is 34.5 Å². The predicted octanol–water partition coefficient (Wildman–Crippen LogP) is 8.62. The van der Waals surface area contributed by atoms with Gasteiger partial charge in [-0.1, -0.05) is 107 Å². The molecule has 0 saturated carbocycles. The van der Waals surface area contributed by atoms with E-state index in [1.807, 2.05) is 66.9 Å². The number of phenolic OH excluding ortho intramolecular Hbond substituents is 2. The summed E-state index contributed by atoms with van der Waals surface area (Å²) in [6, 6.07) is 26.8. The molecule has 0 saturated heterocycles. The summed E-state index contributed by atoms with van der Waals surface area (Å²) in [6.07, 6.45) is 4.05. The normalized spacial score (nSPS) is 11.0. The third kappa shape index (κ3) is 21.5. The summed E-state index contributed by atoms with van der Waals surface area (Å²) in [5, 5.41) is 37.0. The second-order valence-corrected chi connectivity index (χ2v) is 19.2. The first-order chi connectivity index (χ1) is 27.4. The number of carboxylic acids is 1. The van der Waals surface area contributed by atoms with Crippen molar-refractivity contribution in [2.24, 2.45) is 5.73 Å². The molecule has 59 heavy (non-hydrogen) atoms. The number of aliphatic carboxylic acids is 1. The number of rotatable bonds is 19. The van der Waals surface area contributed by atoms with Gasteiger partial charge in [0.15, 0.2) is 0 Å². The first-order valence-electron chi connectivity index (χ1n) is 17.5. The van der Waals surface area contributed by atoms with Crippen LogP contribution in [-0.4, -0.2) is 99.7 Å². The number of amides is 3. The van der Waals surface area contributed by atoms with Crippen molar-refractivity contribution >= 4 is 90.4 Å². The number of benzene rings is 4. The van der Waals surface area contributed by atoms with E-state index in [1.54, 1.807) is 81.3 Å². The molecule has 0 bridgehead atoms. The van der Waals surface area contributed by atoms with Crippen molar-refractivity contribution in [1.82, 2.24) is 16.0 Å². The summed E-state index contributed by atoms with van der Waals surface area (Å²) < 4.78 is 0. The van der Waals surface area contributed by atoms with Crippen molar-refractivity contribution in [1.29, 1.82) is 0 Å². The van der Waals surface area contributed by atoms with Gasteiger partial charge in [-0.2, -0.15) is 0 Å². The van der Waals surface area contributed by atoms with Gasteiger partial charge in [0.05, 0.1) is 0 Å².